The van der Waals surface area contributed by atoms with E-state index in [1.807, 2.05) is 0 Å². The summed E-state index contributed by atoms with van der Waals surface area (Å²) in [6, 6.07) is 7.33. The van der Waals surface area contributed by atoms with Crippen LogP contribution in [0.2, 0.25) is 0 Å². The second-order valence-corrected chi connectivity index (χ2v) is 4.80. The number of carbonyl (C=O) groups excluding carboxylic acids is 1. The topological polar surface area (TPSA) is 92.5 Å². The molecule has 0 saturated heterocycles. The van der Waals surface area contributed by atoms with E-state index >= 15 is 0 Å². The summed E-state index contributed by atoms with van der Waals surface area (Å²) in [5.41, 5.74) is 0.346. The van der Waals surface area contributed by atoms with Gasteiger partial charge in [0.2, 0.25) is 5.91 Å². The standard InChI is InChI=1S/C14H14N2O4/c1-8(2)14(18)15-10-3-4-12-9(5-10)6-11(16(19)20)7-13(12)17/h3-8,17H,1-2H3,(H,15,18). The molecule has 0 atom stereocenters. The lowest BCUT2D eigenvalue weighted by Gasteiger charge is -2.09. The van der Waals surface area contributed by atoms with Crippen LogP contribution in [0.3, 0.4) is 0 Å². The van der Waals surface area contributed by atoms with Crippen LogP contribution in [0.15, 0.2) is 30.3 Å². The van der Waals surface area contributed by atoms with Crippen LogP contribution in [0, 0.1) is 16.0 Å². The van der Waals surface area contributed by atoms with Crippen molar-refractivity contribution in [2.45, 2.75) is 13.8 Å². The molecular formula is C14H14N2O4. The first kappa shape index (κ1) is 13.8. The van der Waals surface area contributed by atoms with Crippen LogP contribution < -0.4 is 5.32 Å². The first-order valence-corrected chi connectivity index (χ1v) is 6.10. The molecule has 0 saturated carbocycles. The van der Waals surface area contributed by atoms with Gasteiger partial charge in [-0.2, -0.15) is 0 Å². The fourth-order valence-electron chi connectivity index (χ4n) is 1.80. The van der Waals surface area contributed by atoms with E-state index in [4.69, 9.17) is 0 Å². The van der Waals surface area contributed by atoms with Crippen LogP contribution in [-0.4, -0.2) is 15.9 Å². The Kier molecular flexibility index (Phi) is 3.56. The number of nitrogens with one attached hydrogen (secondary N) is 1. The molecule has 104 valence electrons. The minimum atomic E-state index is -0.571. The number of rotatable bonds is 3. The molecule has 0 aliphatic carbocycles. The lowest BCUT2D eigenvalue weighted by Crippen LogP contribution is -2.17. The lowest BCUT2D eigenvalue weighted by atomic mass is 10.1. The average Bonchev–Trinajstić information content (AvgIpc) is 2.37. The fourth-order valence-corrected chi connectivity index (χ4v) is 1.80. The molecule has 0 bridgehead atoms. The van der Waals surface area contributed by atoms with Crippen LogP contribution in [0.25, 0.3) is 10.8 Å². The molecule has 0 aliphatic rings. The summed E-state index contributed by atoms with van der Waals surface area (Å²) in [4.78, 5) is 21.8. The van der Waals surface area contributed by atoms with E-state index in [1.165, 1.54) is 6.07 Å². The van der Waals surface area contributed by atoms with Crippen LogP contribution in [0.4, 0.5) is 11.4 Å². The third-order valence-corrected chi connectivity index (χ3v) is 2.92. The van der Waals surface area contributed by atoms with Gasteiger partial charge in [-0.05, 0) is 23.6 Å². The van der Waals surface area contributed by atoms with E-state index in [-0.39, 0.29) is 23.3 Å². The van der Waals surface area contributed by atoms with E-state index in [1.54, 1.807) is 32.0 Å². The molecule has 2 N–H and O–H groups in total. The molecule has 0 spiro atoms. The largest absolute Gasteiger partial charge is 0.507 e. The van der Waals surface area contributed by atoms with Crippen LogP contribution in [0.1, 0.15) is 13.8 Å². The molecule has 20 heavy (non-hydrogen) atoms. The highest BCUT2D eigenvalue weighted by Gasteiger charge is 2.12. The Bertz CT molecular complexity index is 695. The Morgan fingerprint density at radius 1 is 1.30 bits per heavy atom. The number of anilines is 1. The van der Waals surface area contributed by atoms with Crippen molar-refractivity contribution in [3.63, 3.8) is 0 Å². The molecular weight excluding hydrogens is 260 g/mol. The number of nitrogens with zero attached hydrogens (tertiary/aromatic N) is 1. The van der Waals surface area contributed by atoms with Crippen LogP contribution in [0.5, 0.6) is 5.75 Å². The predicted molar refractivity (Wildman–Crippen MR) is 75.7 cm³/mol. The van der Waals surface area contributed by atoms with E-state index in [2.05, 4.69) is 5.32 Å². The van der Waals surface area contributed by atoms with Gasteiger partial charge >= 0.3 is 0 Å². The number of phenols is 1. The zero-order valence-corrected chi connectivity index (χ0v) is 11.1. The number of hydrogen-bond donors (Lipinski definition) is 2. The highest BCUT2D eigenvalue weighted by molar-refractivity contribution is 5.97. The SMILES string of the molecule is CC(C)C(=O)Nc1ccc2c(O)cc([N+](=O)[O-])cc2c1. The normalized spacial score (nSPS) is 10.8. The smallest absolute Gasteiger partial charge is 0.273 e. The maximum absolute atomic E-state index is 11.6. The highest BCUT2D eigenvalue weighted by Crippen LogP contribution is 2.31. The van der Waals surface area contributed by atoms with Gasteiger partial charge in [0.25, 0.3) is 5.69 Å². The zero-order valence-electron chi connectivity index (χ0n) is 11.1. The maximum atomic E-state index is 11.6. The summed E-state index contributed by atoms with van der Waals surface area (Å²) in [5.74, 6) is -0.459. The van der Waals surface area contributed by atoms with Crippen LogP contribution in [-0.2, 0) is 4.79 Å². The summed E-state index contributed by atoms with van der Waals surface area (Å²) < 4.78 is 0. The number of carbonyl (C=O) groups is 1. The summed E-state index contributed by atoms with van der Waals surface area (Å²) in [6.45, 7) is 3.54. The van der Waals surface area contributed by atoms with E-state index in [0.29, 0.717) is 16.5 Å². The molecule has 6 heteroatoms. The second kappa shape index (κ2) is 5.16. The number of nitro groups is 1. The molecule has 0 fully saturated rings. The minimum Gasteiger partial charge on any atom is -0.507 e. The molecule has 2 aromatic carbocycles. The molecule has 0 aliphatic heterocycles. The fraction of sp³-hybridized carbons (Fsp3) is 0.214. The predicted octanol–water partition coefficient (Wildman–Crippen LogP) is 3.05. The van der Waals surface area contributed by atoms with E-state index < -0.39 is 4.92 Å². The number of nitro benzene ring substituents is 1. The van der Waals surface area contributed by atoms with Gasteiger partial charge in [0, 0.05) is 23.1 Å². The Hall–Kier alpha value is -2.63. The van der Waals surface area contributed by atoms with Crippen molar-refractivity contribution < 1.29 is 14.8 Å². The van der Waals surface area contributed by atoms with Gasteiger partial charge in [0.05, 0.1) is 11.0 Å². The Labute approximate surface area is 115 Å². The Balaban J connectivity index is 2.47. The third kappa shape index (κ3) is 2.69. The summed E-state index contributed by atoms with van der Waals surface area (Å²) in [6.07, 6.45) is 0. The number of phenolic OH excluding ortho intramolecular Hbond substituents is 1. The molecule has 0 aromatic heterocycles. The van der Waals surface area contributed by atoms with E-state index in [0.717, 1.165) is 6.07 Å². The monoisotopic (exact) mass is 274 g/mol. The zero-order chi connectivity index (χ0) is 14.9. The number of fused-ring (bicyclic) bond motifs is 1. The summed E-state index contributed by atoms with van der Waals surface area (Å²) >= 11 is 0. The van der Waals surface area contributed by atoms with Crippen molar-refractivity contribution in [1.29, 1.82) is 0 Å². The van der Waals surface area contributed by atoms with Crippen molar-refractivity contribution in [2.24, 2.45) is 5.92 Å². The Morgan fingerprint density at radius 2 is 2.00 bits per heavy atom. The number of benzene rings is 2. The molecule has 6 nitrogen and oxygen atoms in total. The minimum absolute atomic E-state index is 0.140. The van der Waals surface area contributed by atoms with Gasteiger partial charge in [-0.15, -0.1) is 0 Å². The molecule has 0 radical (unpaired) electrons. The third-order valence-electron chi connectivity index (χ3n) is 2.92. The highest BCUT2D eigenvalue weighted by atomic mass is 16.6. The maximum Gasteiger partial charge on any atom is 0.273 e. The summed E-state index contributed by atoms with van der Waals surface area (Å²) in [7, 11) is 0. The first-order valence-electron chi connectivity index (χ1n) is 6.10. The summed E-state index contributed by atoms with van der Waals surface area (Å²) in [5, 5.41) is 24.3. The van der Waals surface area contributed by atoms with Gasteiger partial charge in [0.15, 0.2) is 0 Å². The van der Waals surface area contributed by atoms with Crippen molar-refractivity contribution in [3.8, 4) is 5.75 Å². The Morgan fingerprint density at radius 3 is 2.60 bits per heavy atom. The lowest BCUT2D eigenvalue weighted by molar-refractivity contribution is -0.384. The molecule has 2 aromatic rings. The molecule has 2 rings (SSSR count). The van der Waals surface area contributed by atoms with Gasteiger partial charge in [-0.3, -0.25) is 14.9 Å². The van der Waals surface area contributed by atoms with Gasteiger partial charge in [0.1, 0.15) is 5.75 Å². The molecule has 0 heterocycles. The van der Waals surface area contributed by atoms with E-state index in [9.17, 15) is 20.0 Å². The first-order chi connectivity index (χ1) is 9.38. The molecule has 0 unspecified atom stereocenters. The van der Waals surface area contributed by atoms with Gasteiger partial charge < -0.3 is 10.4 Å². The van der Waals surface area contributed by atoms with Crippen molar-refractivity contribution in [3.05, 3.63) is 40.4 Å². The number of non-ortho nitro benzene ring substituents is 1. The van der Waals surface area contributed by atoms with Crippen molar-refractivity contribution in [2.75, 3.05) is 5.32 Å². The number of amides is 1. The average molecular weight is 274 g/mol. The molecule has 1 amide bonds. The second-order valence-electron chi connectivity index (χ2n) is 4.80. The number of aromatic hydroxyl groups is 1. The van der Waals surface area contributed by atoms with Crippen molar-refractivity contribution in [1.82, 2.24) is 0 Å². The van der Waals surface area contributed by atoms with Crippen molar-refractivity contribution >= 4 is 28.1 Å². The number of hydrogen-bond acceptors (Lipinski definition) is 4. The van der Waals surface area contributed by atoms with Gasteiger partial charge in [-0.1, -0.05) is 13.8 Å². The van der Waals surface area contributed by atoms with Gasteiger partial charge in [-0.25, -0.2) is 0 Å². The quantitative estimate of drug-likeness (QED) is 0.664. The van der Waals surface area contributed by atoms with Crippen LogP contribution >= 0.6 is 0 Å².